The van der Waals surface area contributed by atoms with Crippen LogP contribution < -0.4 is 14.8 Å². The lowest BCUT2D eigenvalue weighted by atomic mass is 10.2. The zero-order valence-corrected chi connectivity index (χ0v) is 16.3. The first-order chi connectivity index (χ1) is 14.0. The molecule has 0 saturated carbocycles. The van der Waals surface area contributed by atoms with Gasteiger partial charge in [-0.2, -0.15) is 5.10 Å². The Labute approximate surface area is 170 Å². The third-order valence-electron chi connectivity index (χ3n) is 3.79. The number of amides is 1. The fourth-order valence-electron chi connectivity index (χ4n) is 2.44. The molecule has 10 heteroatoms. The summed E-state index contributed by atoms with van der Waals surface area (Å²) in [6.45, 7) is 0. The summed E-state index contributed by atoms with van der Waals surface area (Å²) in [5.41, 5.74) is 1.26. The number of thioether (sulfide) groups is 1. The number of benzene rings is 2. The van der Waals surface area contributed by atoms with Gasteiger partial charge in [0.15, 0.2) is 16.7 Å². The number of ether oxygens (including phenoxy) is 2. The van der Waals surface area contributed by atoms with Crippen molar-refractivity contribution >= 4 is 40.8 Å². The van der Waals surface area contributed by atoms with Crippen LogP contribution in [0, 0.1) is 10.1 Å². The van der Waals surface area contributed by atoms with Gasteiger partial charge in [-0.25, -0.2) is 0 Å². The van der Waals surface area contributed by atoms with E-state index in [0.29, 0.717) is 27.1 Å². The Morgan fingerprint density at radius 1 is 1.10 bits per heavy atom. The van der Waals surface area contributed by atoms with Crippen molar-refractivity contribution in [2.24, 2.45) is 10.2 Å². The Morgan fingerprint density at radius 3 is 2.62 bits per heavy atom. The smallest absolute Gasteiger partial charge is 0.270 e. The molecule has 0 spiro atoms. The second-order valence-corrected chi connectivity index (χ2v) is 6.71. The molecule has 2 aromatic carbocycles. The van der Waals surface area contributed by atoms with Crippen molar-refractivity contribution in [1.82, 2.24) is 5.32 Å². The molecule has 0 atom stereocenters. The maximum Gasteiger partial charge on any atom is 0.270 e. The van der Waals surface area contributed by atoms with E-state index in [-0.39, 0.29) is 11.6 Å². The van der Waals surface area contributed by atoms with Gasteiger partial charge in [0.1, 0.15) is 0 Å². The van der Waals surface area contributed by atoms with Crippen molar-refractivity contribution in [3.05, 3.63) is 68.6 Å². The van der Waals surface area contributed by atoms with Crippen molar-refractivity contribution in [2.45, 2.75) is 0 Å². The summed E-state index contributed by atoms with van der Waals surface area (Å²) >= 11 is 1.14. The lowest BCUT2D eigenvalue weighted by Gasteiger charge is -2.07. The van der Waals surface area contributed by atoms with Crippen molar-refractivity contribution in [3.8, 4) is 11.5 Å². The molecule has 1 heterocycles. The molecule has 1 amide bonds. The van der Waals surface area contributed by atoms with Crippen LogP contribution in [0.5, 0.6) is 11.5 Å². The maximum absolute atomic E-state index is 12.2. The van der Waals surface area contributed by atoms with Gasteiger partial charge in [-0.3, -0.25) is 20.2 Å². The van der Waals surface area contributed by atoms with E-state index in [0.717, 1.165) is 17.3 Å². The van der Waals surface area contributed by atoms with Gasteiger partial charge in [-0.05, 0) is 35.5 Å². The number of hydrogen-bond donors (Lipinski definition) is 1. The van der Waals surface area contributed by atoms with Gasteiger partial charge in [-0.15, -0.1) is 5.10 Å². The third-order valence-corrected chi connectivity index (χ3v) is 4.69. The van der Waals surface area contributed by atoms with E-state index < -0.39 is 4.92 Å². The minimum absolute atomic E-state index is 0.0368. The summed E-state index contributed by atoms with van der Waals surface area (Å²) in [6, 6.07) is 11.3. The molecule has 0 aliphatic carbocycles. The van der Waals surface area contributed by atoms with Crippen LogP contribution in [-0.4, -0.2) is 36.4 Å². The van der Waals surface area contributed by atoms with Gasteiger partial charge in [0.2, 0.25) is 0 Å². The second kappa shape index (κ2) is 9.02. The minimum Gasteiger partial charge on any atom is -0.493 e. The fourth-order valence-corrected chi connectivity index (χ4v) is 3.21. The number of non-ortho nitro benzene ring substituents is 1. The number of methoxy groups -OCH3 is 2. The highest BCUT2D eigenvalue weighted by atomic mass is 32.2. The molecular formula is C19H16N4O5S. The van der Waals surface area contributed by atoms with Crippen LogP contribution >= 0.6 is 11.8 Å². The maximum atomic E-state index is 12.2. The van der Waals surface area contributed by atoms with Gasteiger partial charge in [0.05, 0.1) is 30.3 Å². The molecule has 148 valence electrons. The summed E-state index contributed by atoms with van der Waals surface area (Å²) in [6.07, 6.45) is 3.08. The number of nitro groups is 1. The van der Waals surface area contributed by atoms with Crippen LogP contribution in [0.2, 0.25) is 0 Å². The highest BCUT2D eigenvalue weighted by Crippen LogP contribution is 2.31. The van der Waals surface area contributed by atoms with E-state index in [1.54, 1.807) is 43.5 Å². The molecule has 0 aromatic heterocycles. The Morgan fingerprint density at radius 2 is 1.90 bits per heavy atom. The average Bonchev–Trinajstić information content (AvgIpc) is 3.07. The average molecular weight is 412 g/mol. The Balaban J connectivity index is 1.73. The van der Waals surface area contributed by atoms with Gasteiger partial charge in [0.25, 0.3) is 11.6 Å². The molecule has 0 radical (unpaired) electrons. The van der Waals surface area contributed by atoms with Crippen molar-refractivity contribution in [1.29, 1.82) is 0 Å². The van der Waals surface area contributed by atoms with Gasteiger partial charge in [-0.1, -0.05) is 18.2 Å². The summed E-state index contributed by atoms with van der Waals surface area (Å²) in [5.74, 6) is 0.852. The van der Waals surface area contributed by atoms with Gasteiger partial charge >= 0.3 is 0 Å². The van der Waals surface area contributed by atoms with E-state index in [1.807, 2.05) is 0 Å². The molecule has 1 saturated heterocycles. The lowest BCUT2D eigenvalue weighted by Crippen LogP contribution is -2.19. The first-order valence-electron chi connectivity index (χ1n) is 8.28. The zero-order valence-electron chi connectivity index (χ0n) is 15.5. The number of nitro benzene ring substituents is 1. The summed E-state index contributed by atoms with van der Waals surface area (Å²) in [5, 5.41) is 21.6. The molecule has 2 aromatic rings. The molecule has 0 bridgehead atoms. The monoisotopic (exact) mass is 412 g/mol. The molecule has 1 N–H and O–H groups in total. The number of hydrogen-bond acceptors (Lipinski definition) is 8. The lowest BCUT2D eigenvalue weighted by molar-refractivity contribution is -0.384. The predicted molar refractivity (Wildman–Crippen MR) is 111 cm³/mol. The number of nitrogens with zero attached hydrogens (tertiary/aromatic N) is 3. The first kappa shape index (κ1) is 20.1. The van der Waals surface area contributed by atoms with E-state index in [2.05, 4.69) is 15.5 Å². The highest BCUT2D eigenvalue weighted by molar-refractivity contribution is 8.18. The Hall–Kier alpha value is -3.66. The van der Waals surface area contributed by atoms with Crippen LogP contribution in [0.25, 0.3) is 6.08 Å². The predicted octanol–water partition coefficient (Wildman–Crippen LogP) is 3.21. The van der Waals surface area contributed by atoms with Crippen LogP contribution in [0.3, 0.4) is 0 Å². The summed E-state index contributed by atoms with van der Waals surface area (Å²) in [4.78, 5) is 22.9. The number of carbonyl (C=O) groups is 1. The second-order valence-electron chi connectivity index (χ2n) is 5.68. The van der Waals surface area contributed by atoms with E-state index in [9.17, 15) is 14.9 Å². The largest absolute Gasteiger partial charge is 0.493 e. The molecule has 1 aliphatic heterocycles. The van der Waals surface area contributed by atoms with E-state index in [4.69, 9.17) is 9.47 Å². The number of carbonyl (C=O) groups excluding carboxylic acids is 1. The number of amidine groups is 1. The molecule has 1 aliphatic rings. The topological polar surface area (TPSA) is 115 Å². The van der Waals surface area contributed by atoms with Crippen molar-refractivity contribution in [3.63, 3.8) is 0 Å². The van der Waals surface area contributed by atoms with Crippen molar-refractivity contribution in [2.75, 3.05) is 14.2 Å². The quantitative estimate of drug-likeness (QED) is 0.337. The third kappa shape index (κ3) is 4.99. The normalized spacial score (nSPS) is 16.4. The molecule has 1 fully saturated rings. The minimum atomic E-state index is -0.485. The van der Waals surface area contributed by atoms with Crippen LogP contribution in [0.15, 0.2) is 57.6 Å². The Bertz CT molecular complexity index is 1050. The van der Waals surface area contributed by atoms with E-state index >= 15 is 0 Å². The zero-order chi connectivity index (χ0) is 20.8. The number of rotatable bonds is 6. The van der Waals surface area contributed by atoms with Gasteiger partial charge < -0.3 is 9.47 Å². The molecule has 0 unspecified atom stereocenters. The fraction of sp³-hybridized carbons (Fsp3) is 0.105. The number of nitrogens with one attached hydrogen (secondary N) is 1. The van der Waals surface area contributed by atoms with Gasteiger partial charge in [0, 0.05) is 17.7 Å². The summed E-state index contributed by atoms with van der Waals surface area (Å²) in [7, 11) is 3.09. The molecule has 3 rings (SSSR count). The van der Waals surface area contributed by atoms with Crippen LogP contribution in [0.4, 0.5) is 5.69 Å². The van der Waals surface area contributed by atoms with Crippen LogP contribution in [-0.2, 0) is 4.79 Å². The standard InChI is InChI=1S/C19H16N4O5S/c1-27-15-7-6-12(9-16(15)28-2)10-17-18(24)21-19(29-17)22-20-11-13-4-3-5-14(8-13)23(25)26/h3-11H,1-2H3,(H,21,22,24)/b17-10-,20-11?. The van der Waals surface area contributed by atoms with Crippen molar-refractivity contribution < 1.29 is 19.2 Å². The highest BCUT2D eigenvalue weighted by Gasteiger charge is 2.24. The molecular weight excluding hydrogens is 396 g/mol. The first-order valence-corrected chi connectivity index (χ1v) is 9.10. The summed E-state index contributed by atoms with van der Waals surface area (Å²) < 4.78 is 10.5. The van der Waals surface area contributed by atoms with E-state index in [1.165, 1.54) is 25.5 Å². The molecule has 29 heavy (non-hydrogen) atoms. The van der Waals surface area contributed by atoms with Crippen LogP contribution in [0.1, 0.15) is 11.1 Å². The SMILES string of the molecule is COc1ccc(/C=C2\SC(=NN=Cc3cccc([N+](=O)[O-])c3)NC2=O)cc1OC. The molecule has 9 nitrogen and oxygen atoms in total. The Kier molecular flexibility index (Phi) is 6.25.